The Balaban J connectivity index is 0.00000496. The van der Waals surface area contributed by atoms with Gasteiger partial charge in [-0.2, -0.15) is 29.9 Å². The van der Waals surface area contributed by atoms with Gasteiger partial charge >= 0.3 is 411 Å². The van der Waals surface area contributed by atoms with Crippen LogP contribution in [0.3, 0.4) is 0 Å². The van der Waals surface area contributed by atoms with E-state index in [1.54, 1.807) is 0 Å². The molecule has 6 aromatic carbocycles. The summed E-state index contributed by atoms with van der Waals surface area (Å²) in [6, 6.07) is 16.3. The van der Waals surface area contributed by atoms with Crippen LogP contribution < -0.4 is 464 Å². The van der Waals surface area contributed by atoms with Crippen molar-refractivity contribution in [2.75, 3.05) is 93.4 Å². The molecular formula is C56H42Cl2K8N16O32S10. The summed E-state index contributed by atoms with van der Waals surface area (Å²) >= 11 is 13.8. The van der Waals surface area contributed by atoms with Crippen LogP contribution in [0.4, 0.5) is 75.5 Å². The molecule has 48 nitrogen and oxygen atoms in total. The summed E-state index contributed by atoms with van der Waals surface area (Å²) in [5.41, 5.74) is -4.47. The van der Waals surface area contributed by atoms with Crippen LogP contribution in [-0.2, 0) is 110 Å². The average molecular weight is 2160 g/mol. The van der Waals surface area contributed by atoms with Gasteiger partial charge in [-0.25, -0.2) is 89.2 Å². The van der Waals surface area contributed by atoms with Crippen molar-refractivity contribution in [3.8, 4) is 23.0 Å². The molecular weight excluding hydrogens is 2110 g/mol. The summed E-state index contributed by atoms with van der Waals surface area (Å²) in [5, 5.41) is 19.0. The summed E-state index contributed by atoms with van der Waals surface area (Å²) in [7, 11) is -52.2. The first kappa shape index (κ1) is 121. The second kappa shape index (κ2) is 49.7. The minimum Gasteiger partial charge on any atom is -0.744 e. The Kier molecular flexibility index (Phi) is 48.5. The van der Waals surface area contributed by atoms with Crippen LogP contribution in [0, 0.1) is 0 Å². The van der Waals surface area contributed by atoms with Crippen LogP contribution in [0.2, 0.25) is 10.0 Å². The van der Waals surface area contributed by atoms with Gasteiger partial charge in [0, 0.05) is 31.0 Å². The fourth-order valence-electron chi connectivity index (χ4n) is 10.3. The molecule has 620 valence electrons. The number of ether oxygens (including phenoxy) is 1. The first-order chi connectivity index (χ1) is 53.8. The van der Waals surface area contributed by atoms with E-state index in [0.29, 0.717) is 36.4 Å². The Labute approximate surface area is 1060 Å². The Morgan fingerprint density at radius 2 is 0.831 bits per heavy atom. The van der Waals surface area contributed by atoms with E-state index < -0.39 is 287 Å². The zero-order valence-electron chi connectivity index (χ0n) is 64.5. The summed E-state index contributed by atoms with van der Waals surface area (Å²) in [5.74, 6) is -7.57. The molecule has 0 unspecified atom stereocenters. The molecule has 2 aromatic heterocycles. The van der Waals surface area contributed by atoms with Gasteiger partial charge in [0.2, 0.25) is 56.5 Å². The van der Waals surface area contributed by atoms with Crippen LogP contribution in [0.5, 0.6) is 11.5 Å². The maximum absolute atomic E-state index is 13.3. The van der Waals surface area contributed by atoms with Crippen molar-refractivity contribution in [1.29, 1.82) is 0 Å². The van der Waals surface area contributed by atoms with Crippen molar-refractivity contribution >= 4 is 211 Å². The van der Waals surface area contributed by atoms with Crippen molar-refractivity contribution in [2.45, 2.75) is 39.2 Å². The van der Waals surface area contributed by atoms with E-state index >= 15 is 0 Å². The normalized spacial score (nSPS) is 12.4. The molecule has 4 heterocycles. The minimum atomic E-state index is -5.67. The topological polar surface area (TPSA) is 766 Å². The Bertz CT molecular complexity index is 7030. The van der Waals surface area contributed by atoms with Crippen molar-refractivity contribution < 1.29 is 549 Å². The van der Waals surface area contributed by atoms with Gasteiger partial charge in [0.1, 0.15) is 97.4 Å². The molecule has 0 spiro atoms. The number of aromatic nitrogens is 7. The second-order valence-electron chi connectivity index (χ2n) is 23.0. The van der Waals surface area contributed by atoms with Crippen molar-refractivity contribution in [3.63, 3.8) is 0 Å². The van der Waals surface area contributed by atoms with Gasteiger partial charge < -0.3 is 88.1 Å². The van der Waals surface area contributed by atoms with Crippen LogP contribution in [0.15, 0.2) is 158 Å². The largest absolute Gasteiger partial charge is 1.00 e. The standard InChI is InChI=1S/C56H50Cl2N16O32S10.8K/c57-41-44-48(106-46-34(66-44)10-12-36(50(46)114(94,95)96)60-16-18-62-52-70-54(64-28-4-2-6-30(24-28)108(77,78)22-20-104-116(100,101)102)74-56(72-52)68-38-26-32(110(82,83)84)8-14-40(38)112(88,89)90)42(58)43-47(41)105-45-33(65-43)9-11-35(49(45)113(91,92)93)59-15-17-61-51-69-53(63-27-3-1-5-29(23-27)107(75,76)21-19-103-115(97,98)99)73-55(71-51)67-37-25-31(109(79,80)81)7-13-39(37)111(85,86)87;;;;;;;;/h1-14,23-26,59,65H,15-22H2,(H,79,80,81)(H,82,83,84)(H,85,86,87)(H,88,89,90)(H,91,92,93)(H,94,95,96)(H,97,98,99)(H,100,101,102)(H3,61,63,67,69,71,73)(H3,62,64,68,70,72,74);;;;;;;;/q;8*+1/p-8. The number of rotatable bonds is 33. The van der Waals surface area contributed by atoms with E-state index in [1.807, 2.05) is 0 Å². The molecule has 2 aliphatic heterocycles. The molecule has 0 radical (unpaired) electrons. The Hall–Kier alpha value is 2.93. The third-order valence-electron chi connectivity index (χ3n) is 15.1. The number of hydrogen-bond acceptors (Lipinski definition) is 48. The molecule has 0 bridgehead atoms. The molecule has 8 N–H and O–H groups in total. The minimum absolute atomic E-state index is 0. The van der Waals surface area contributed by atoms with E-state index in [4.69, 9.17) is 32.4 Å². The molecule has 11 rings (SSSR count). The molecule has 0 atom stereocenters. The Morgan fingerprint density at radius 1 is 0.403 bits per heavy atom. The summed E-state index contributed by atoms with van der Waals surface area (Å²) in [6.45, 7) is -3.91. The van der Waals surface area contributed by atoms with Crippen molar-refractivity contribution in [3.05, 3.63) is 125 Å². The summed E-state index contributed by atoms with van der Waals surface area (Å²) in [4.78, 5) is 25.7. The number of halogens is 2. The molecule has 0 amide bonds. The van der Waals surface area contributed by atoms with E-state index in [9.17, 15) is 121 Å². The van der Waals surface area contributed by atoms with Crippen LogP contribution in [0.1, 0.15) is 0 Å². The summed E-state index contributed by atoms with van der Waals surface area (Å²) < 4.78 is 363. The van der Waals surface area contributed by atoms with Crippen molar-refractivity contribution in [1.82, 2.24) is 34.9 Å². The molecule has 0 fully saturated rings. The predicted molar refractivity (Wildman–Crippen MR) is 388 cm³/mol. The summed E-state index contributed by atoms with van der Waals surface area (Å²) in [6.07, 6.45) is 0. The smallest absolute Gasteiger partial charge is 0.744 e. The van der Waals surface area contributed by atoms with Gasteiger partial charge in [-0.1, -0.05) is 35.3 Å². The number of sulfone groups is 2. The SMILES string of the molecule is O=S(=O)([O-])OCCS(=O)(=O)c1cccc(Nc2nc(NCCN=c3ccc4nc5c(Cl)c6c(c(Cl)c5oc-4c3S(=O)(=O)[O-])Nc3ccc(NCCNc4nc(Nc5cccc(S(=O)(=O)CCOS(=O)(=O)[O-])c5)nc(Nc5cc(S(=O)(=O)[O-])ccc5S(=O)(=O)[O-])n4)c(S(=O)(=O)[O-])c3O6)nc(Nc3cc(S(=O)(=O)[O-])ccc3S(=O)(=O)[O-])n2)c1.[K+].[K+].[K+].[K+].[K+].[K+].[K+].[K+]. The van der Waals surface area contributed by atoms with Crippen molar-refractivity contribution in [2.24, 2.45) is 4.99 Å². The molecule has 124 heavy (non-hydrogen) atoms. The van der Waals surface area contributed by atoms with Crippen LogP contribution in [0.25, 0.3) is 22.6 Å². The predicted octanol–water partition coefficient (Wildman–Crippen LogP) is -22.1. The molecule has 8 aromatic rings. The van der Waals surface area contributed by atoms with E-state index in [0.717, 1.165) is 42.5 Å². The van der Waals surface area contributed by atoms with Gasteiger partial charge in [-0.15, -0.1) is 0 Å². The number of nitrogens with zero attached hydrogens (tertiary/aromatic N) is 8. The maximum Gasteiger partial charge on any atom is 1.00 e. The van der Waals surface area contributed by atoms with Gasteiger partial charge in [0.05, 0.1) is 88.7 Å². The molecule has 1 aliphatic carbocycles. The maximum atomic E-state index is 13.3. The molecule has 0 saturated carbocycles. The van der Waals surface area contributed by atoms with E-state index in [1.165, 1.54) is 30.3 Å². The van der Waals surface area contributed by atoms with E-state index in [-0.39, 0.29) is 440 Å². The second-order valence-corrected chi connectivity index (χ2v) is 38.2. The third kappa shape index (κ3) is 33.1. The zero-order chi connectivity index (χ0) is 84.8. The quantitative estimate of drug-likeness (QED) is 0.00622. The monoisotopic (exact) mass is 2150 g/mol. The number of anilines is 13. The number of fused-ring (bicyclic) bond motifs is 4. The number of nitrogens with one attached hydrogen (secondary N) is 8. The number of hydrogen-bond donors (Lipinski definition) is 8. The first-order valence-corrected chi connectivity index (χ1v) is 46.1. The molecule has 3 aliphatic rings. The average Bonchev–Trinajstić information content (AvgIpc) is 0.721. The first-order valence-electron chi connectivity index (χ1n) is 30.9. The van der Waals surface area contributed by atoms with E-state index in [2.05, 4.69) is 90.8 Å². The van der Waals surface area contributed by atoms with Gasteiger partial charge in [-0.3, -0.25) is 13.4 Å². The fraction of sp³-hybridized carbons (Fsp3) is 0.143. The Morgan fingerprint density at radius 3 is 1.26 bits per heavy atom. The molecule has 0 saturated heterocycles. The van der Waals surface area contributed by atoms with Gasteiger partial charge in [0.25, 0.3) is 0 Å². The zero-order valence-corrected chi connectivity index (χ0v) is 99.2. The van der Waals surface area contributed by atoms with Gasteiger partial charge in [0.15, 0.2) is 42.5 Å². The fourth-order valence-corrected chi connectivity index (χ4v) is 17.7. The van der Waals surface area contributed by atoms with Gasteiger partial charge in [-0.05, 0) is 97.1 Å². The third-order valence-corrected chi connectivity index (χ3v) is 25.3. The van der Waals surface area contributed by atoms with Crippen LogP contribution >= 0.6 is 23.2 Å². The molecule has 68 heteroatoms. The van der Waals surface area contributed by atoms with Crippen LogP contribution in [-0.4, -0.2) is 206 Å². The number of benzene rings is 7.